The third kappa shape index (κ3) is 2.97. The molecule has 0 fully saturated rings. The number of rotatable bonds is 5. The molecule has 2 aromatic heterocycles. The molecule has 0 amide bonds. The molecule has 0 radical (unpaired) electrons. The van der Waals surface area contributed by atoms with Crippen molar-refractivity contribution in [2.24, 2.45) is 0 Å². The van der Waals surface area contributed by atoms with Gasteiger partial charge >= 0.3 is 0 Å². The van der Waals surface area contributed by atoms with Crippen LogP contribution >= 0.6 is 0 Å². The second kappa shape index (κ2) is 6.05. The summed E-state index contributed by atoms with van der Waals surface area (Å²) in [5.74, 6) is 1.32. The van der Waals surface area contributed by atoms with E-state index >= 15 is 0 Å². The standard InChI is InChI=1S/C14H17N3O4S/c1-2-22(18,19)17-8-6-13-11(9-17)12(16-21-13)10-20-14-5-3-4-7-15-14/h3-5,7H,2,6,8-10H2,1H3. The number of fused-ring (bicyclic) bond motifs is 1. The molecule has 0 atom stereocenters. The molecule has 0 unspecified atom stereocenters. The lowest BCUT2D eigenvalue weighted by molar-refractivity contribution is 0.277. The number of ether oxygens (including phenoxy) is 1. The zero-order valence-corrected chi connectivity index (χ0v) is 13.0. The summed E-state index contributed by atoms with van der Waals surface area (Å²) in [6.07, 6.45) is 2.17. The van der Waals surface area contributed by atoms with Crippen molar-refractivity contribution in [1.29, 1.82) is 0 Å². The largest absolute Gasteiger partial charge is 0.471 e. The summed E-state index contributed by atoms with van der Waals surface area (Å²) < 4.78 is 36.4. The summed E-state index contributed by atoms with van der Waals surface area (Å²) in [5, 5.41) is 4.01. The monoisotopic (exact) mass is 323 g/mol. The Morgan fingerprint density at radius 2 is 2.27 bits per heavy atom. The van der Waals surface area contributed by atoms with Crippen LogP contribution in [0.2, 0.25) is 0 Å². The van der Waals surface area contributed by atoms with Gasteiger partial charge in [-0.3, -0.25) is 0 Å². The molecule has 0 saturated heterocycles. The van der Waals surface area contributed by atoms with Gasteiger partial charge in [-0.05, 0) is 13.0 Å². The van der Waals surface area contributed by atoms with Gasteiger partial charge in [0.25, 0.3) is 0 Å². The lowest BCUT2D eigenvalue weighted by Gasteiger charge is -2.24. The van der Waals surface area contributed by atoms with Crippen molar-refractivity contribution in [3.05, 3.63) is 41.4 Å². The van der Waals surface area contributed by atoms with Crippen molar-refractivity contribution in [2.75, 3.05) is 12.3 Å². The predicted molar refractivity (Wildman–Crippen MR) is 78.6 cm³/mol. The number of hydrogen-bond acceptors (Lipinski definition) is 6. The molecule has 0 aliphatic carbocycles. The summed E-state index contributed by atoms with van der Waals surface area (Å²) in [6.45, 7) is 2.56. The molecule has 3 heterocycles. The third-order valence-corrected chi connectivity index (χ3v) is 5.45. The average Bonchev–Trinajstić information content (AvgIpc) is 2.96. The summed E-state index contributed by atoms with van der Waals surface area (Å²) >= 11 is 0. The maximum Gasteiger partial charge on any atom is 0.214 e. The van der Waals surface area contributed by atoms with Crippen molar-refractivity contribution < 1.29 is 17.7 Å². The number of sulfonamides is 1. The molecule has 118 valence electrons. The highest BCUT2D eigenvalue weighted by Gasteiger charge is 2.30. The molecule has 8 heteroatoms. The van der Waals surface area contributed by atoms with Gasteiger partial charge in [0.2, 0.25) is 15.9 Å². The normalized spacial score (nSPS) is 15.5. The van der Waals surface area contributed by atoms with Gasteiger partial charge in [-0.15, -0.1) is 0 Å². The fourth-order valence-electron chi connectivity index (χ4n) is 2.35. The summed E-state index contributed by atoms with van der Waals surface area (Å²) in [6, 6.07) is 5.38. The molecule has 1 aliphatic heterocycles. The minimum atomic E-state index is -3.21. The van der Waals surface area contributed by atoms with Crippen molar-refractivity contribution in [3.63, 3.8) is 0 Å². The van der Waals surface area contributed by atoms with E-state index in [0.29, 0.717) is 24.5 Å². The van der Waals surface area contributed by atoms with Crippen LogP contribution in [0.5, 0.6) is 5.88 Å². The van der Waals surface area contributed by atoms with Crippen molar-refractivity contribution in [2.45, 2.75) is 26.5 Å². The van der Waals surface area contributed by atoms with Gasteiger partial charge in [0, 0.05) is 37.3 Å². The van der Waals surface area contributed by atoms with Crippen LogP contribution in [0, 0.1) is 0 Å². The molecular formula is C14H17N3O4S. The lowest BCUT2D eigenvalue weighted by Crippen LogP contribution is -2.36. The summed E-state index contributed by atoms with van der Waals surface area (Å²) in [5.41, 5.74) is 1.43. The zero-order chi connectivity index (χ0) is 15.6. The van der Waals surface area contributed by atoms with Crippen LogP contribution in [0.25, 0.3) is 0 Å². The van der Waals surface area contributed by atoms with Gasteiger partial charge in [0.1, 0.15) is 18.1 Å². The van der Waals surface area contributed by atoms with Crippen LogP contribution in [-0.4, -0.2) is 35.2 Å². The molecule has 2 aromatic rings. The Bertz CT molecular complexity index is 743. The maximum absolute atomic E-state index is 12.0. The van der Waals surface area contributed by atoms with E-state index in [1.54, 1.807) is 25.3 Å². The van der Waals surface area contributed by atoms with Crippen LogP contribution in [-0.2, 0) is 29.6 Å². The first-order chi connectivity index (χ1) is 10.6. The molecule has 0 bridgehead atoms. The number of aromatic nitrogens is 2. The van der Waals surface area contributed by atoms with Gasteiger partial charge in [-0.2, -0.15) is 4.31 Å². The Morgan fingerprint density at radius 1 is 1.41 bits per heavy atom. The molecule has 22 heavy (non-hydrogen) atoms. The quantitative estimate of drug-likeness (QED) is 0.826. The number of nitrogens with zero attached hydrogens (tertiary/aromatic N) is 3. The van der Waals surface area contributed by atoms with Crippen LogP contribution in [0.1, 0.15) is 23.9 Å². The zero-order valence-electron chi connectivity index (χ0n) is 12.2. The Balaban J connectivity index is 1.75. The molecule has 3 rings (SSSR count). The van der Waals surface area contributed by atoms with Gasteiger partial charge in [-0.1, -0.05) is 11.2 Å². The van der Waals surface area contributed by atoms with E-state index < -0.39 is 10.0 Å². The minimum absolute atomic E-state index is 0.0907. The van der Waals surface area contributed by atoms with Gasteiger partial charge in [0.05, 0.1) is 5.75 Å². The first-order valence-corrected chi connectivity index (χ1v) is 8.69. The van der Waals surface area contributed by atoms with Crippen molar-refractivity contribution in [3.8, 4) is 5.88 Å². The molecule has 0 N–H and O–H groups in total. The predicted octanol–water partition coefficient (Wildman–Crippen LogP) is 1.36. The van der Waals surface area contributed by atoms with E-state index in [-0.39, 0.29) is 18.9 Å². The van der Waals surface area contributed by atoms with Gasteiger partial charge in [0.15, 0.2) is 0 Å². The lowest BCUT2D eigenvalue weighted by atomic mass is 10.1. The Hall–Kier alpha value is -1.93. The highest BCUT2D eigenvalue weighted by molar-refractivity contribution is 7.89. The number of pyridine rings is 1. The summed E-state index contributed by atoms with van der Waals surface area (Å²) in [4.78, 5) is 4.07. The molecule has 7 nitrogen and oxygen atoms in total. The van der Waals surface area contributed by atoms with Crippen LogP contribution in [0.3, 0.4) is 0 Å². The van der Waals surface area contributed by atoms with Crippen LogP contribution in [0.15, 0.2) is 28.9 Å². The Labute approximate surface area is 128 Å². The summed E-state index contributed by atoms with van der Waals surface area (Å²) in [7, 11) is -3.21. The number of hydrogen-bond donors (Lipinski definition) is 0. The third-order valence-electron chi connectivity index (χ3n) is 3.63. The van der Waals surface area contributed by atoms with Gasteiger partial charge < -0.3 is 9.26 Å². The fraction of sp³-hybridized carbons (Fsp3) is 0.429. The highest BCUT2D eigenvalue weighted by Crippen LogP contribution is 2.25. The van der Waals surface area contributed by atoms with Crippen molar-refractivity contribution in [1.82, 2.24) is 14.4 Å². The van der Waals surface area contributed by atoms with E-state index in [1.165, 1.54) is 4.31 Å². The topological polar surface area (TPSA) is 85.5 Å². The first-order valence-electron chi connectivity index (χ1n) is 7.08. The van der Waals surface area contributed by atoms with Gasteiger partial charge in [-0.25, -0.2) is 13.4 Å². The van der Waals surface area contributed by atoms with Crippen LogP contribution in [0.4, 0.5) is 0 Å². The Morgan fingerprint density at radius 3 is 3.00 bits per heavy atom. The SMILES string of the molecule is CCS(=O)(=O)N1CCc2onc(COc3ccccn3)c2C1. The Kier molecular flexibility index (Phi) is 4.12. The van der Waals surface area contributed by atoms with E-state index in [0.717, 1.165) is 11.3 Å². The molecule has 0 aromatic carbocycles. The van der Waals surface area contributed by atoms with E-state index in [2.05, 4.69) is 10.1 Å². The van der Waals surface area contributed by atoms with Crippen LogP contribution < -0.4 is 4.74 Å². The maximum atomic E-state index is 12.0. The second-order valence-corrected chi connectivity index (χ2v) is 7.23. The second-order valence-electron chi connectivity index (χ2n) is 4.97. The average molecular weight is 323 g/mol. The smallest absolute Gasteiger partial charge is 0.214 e. The van der Waals surface area contributed by atoms with E-state index in [9.17, 15) is 8.42 Å². The highest BCUT2D eigenvalue weighted by atomic mass is 32.2. The molecule has 1 aliphatic rings. The molecule has 0 spiro atoms. The van der Waals surface area contributed by atoms with E-state index in [1.807, 2.05) is 6.07 Å². The minimum Gasteiger partial charge on any atom is -0.471 e. The first kappa shape index (κ1) is 15.0. The fourth-order valence-corrected chi connectivity index (χ4v) is 3.41. The van der Waals surface area contributed by atoms with E-state index in [4.69, 9.17) is 9.26 Å². The molecule has 0 saturated carbocycles. The van der Waals surface area contributed by atoms with Crippen molar-refractivity contribution >= 4 is 10.0 Å². The molecular weight excluding hydrogens is 306 g/mol.